The molecule has 0 saturated carbocycles. The summed E-state index contributed by atoms with van der Waals surface area (Å²) in [6.07, 6.45) is 3.15. The number of rotatable bonds is 1. The minimum absolute atomic E-state index is 0.331. The number of hydrogen-bond acceptors (Lipinski definition) is 2. The third-order valence-corrected chi connectivity index (χ3v) is 3.10. The van der Waals surface area contributed by atoms with Crippen molar-refractivity contribution in [3.63, 3.8) is 0 Å². The summed E-state index contributed by atoms with van der Waals surface area (Å²) in [6.45, 7) is 5.80. The van der Waals surface area contributed by atoms with Crippen molar-refractivity contribution in [1.82, 2.24) is 4.90 Å². The van der Waals surface area contributed by atoms with E-state index in [1.54, 1.807) is 39.0 Å². The summed E-state index contributed by atoms with van der Waals surface area (Å²) in [6, 6.07) is 3.99. The monoisotopic (exact) mass is 297 g/mol. The molecule has 0 fully saturated rings. The molecule has 0 spiro atoms. The largest absolute Gasteiger partial charge is 0.444 e. The van der Waals surface area contributed by atoms with Crippen molar-refractivity contribution in [3.05, 3.63) is 46.8 Å². The van der Waals surface area contributed by atoms with Crippen molar-refractivity contribution in [2.75, 3.05) is 6.54 Å². The molecular formula is C15H17ClFNO2. The number of halogens is 2. The smallest absolute Gasteiger partial charge is 0.411 e. The van der Waals surface area contributed by atoms with Gasteiger partial charge in [0.05, 0.1) is 6.04 Å². The number of amides is 1. The van der Waals surface area contributed by atoms with E-state index in [0.29, 0.717) is 17.1 Å². The molecule has 1 aromatic carbocycles. The van der Waals surface area contributed by atoms with Crippen molar-refractivity contribution in [2.45, 2.75) is 32.4 Å². The van der Waals surface area contributed by atoms with E-state index in [4.69, 9.17) is 16.3 Å². The van der Waals surface area contributed by atoms with Crippen LogP contribution in [0.1, 0.15) is 32.4 Å². The van der Waals surface area contributed by atoms with Gasteiger partial charge in [-0.2, -0.15) is 0 Å². The zero-order chi connectivity index (χ0) is 14.9. The summed E-state index contributed by atoms with van der Waals surface area (Å²) in [7, 11) is 0. The lowest BCUT2D eigenvalue weighted by molar-refractivity contribution is 0.0239. The van der Waals surface area contributed by atoms with Crippen LogP contribution in [0.5, 0.6) is 0 Å². The number of hydrogen-bond donors (Lipinski definition) is 0. The van der Waals surface area contributed by atoms with E-state index >= 15 is 0 Å². The first-order valence-corrected chi connectivity index (χ1v) is 6.77. The zero-order valence-corrected chi connectivity index (χ0v) is 12.4. The van der Waals surface area contributed by atoms with Crippen molar-refractivity contribution >= 4 is 17.7 Å². The molecule has 1 amide bonds. The van der Waals surface area contributed by atoms with E-state index in [-0.39, 0.29) is 0 Å². The number of carbonyl (C=O) groups is 1. The molecular weight excluding hydrogens is 281 g/mol. The van der Waals surface area contributed by atoms with Crippen LogP contribution in [0.25, 0.3) is 0 Å². The lowest BCUT2D eigenvalue weighted by Crippen LogP contribution is -2.37. The highest BCUT2D eigenvalue weighted by Crippen LogP contribution is 2.31. The average molecular weight is 298 g/mol. The van der Waals surface area contributed by atoms with Crippen molar-refractivity contribution in [2.24, 2.45) is 0 Å². The van der Waals surface area contributed by atoms with Gasteiger partial charge >= 0.3 is 6.09 Å². The number of benzene rings is 1. The standard InChI is InChI=1S/C15H17ClFNO2/c1-15(2,3)20-14(19)18-8-4-5-13(18)11-7-6-10(16)9-12(11)17/h4-7,9,13H,8H2,1-3H3. The molecule has 5 heteroatoms. The molecule has 1 atom stereocenters. The van der Waals surface area contributed by atoms with Crippen LogP contribution in [-0.4, -0.2) is 23.1 Å². The zero-order valence-electron chi connectivity index (χ0n) is 11.7. The molecule has 108 valence electrons. The Labute approximate surface area is 123 Å². The minimum atomic E-state index is -0.581. The third kappa shape index (κ3) is 3.31. The molecule has 1 aromatic rings. The summed E-state index contributed by atoms with van der Waals surface area (Å²) in [5, 5.41) is 0.331. The number of carbonyl (C=O) groups excluding carboxylic acids is 1. The molecule has 20 heavy (non-hydrogen) atoms. The van der Waals surface area contributed by atoms with Gasteiger partial charge in [-0.05, 0) is 32.9 Å². The lowest BCUT2D eigenvalue weighted by atomic mass is 10.1. The van der Waals surface area contributed by atoms with Crippen LogP contribution in [-0.2, 0) is 4.74 Å². The highest BCUT2D eigenvalue weighted by atomic mass is 35.5. The number of nitrogens with zero attached hydrogens (tertiary/aromatic N) is 1. The van der Waals surface area contributed by atoms with E-state index in [9.17, 15) is 9.18 Å². The quantitative estimate of drug-likeness (QED) is 0.722. The molecule has 0 bridgehead atoms. The minimum Gasteiger partial charge on any atom is -0.444 e. The van der Waals surface area contributed by atoms with Gasteiger partial charge in [-0.15, -0.1) is 0 Å². The molecule has 1 aliphatic rings. The Kier molecular flexibility index (Phi) is 4.04. The van der Waals surface area contributed by atoms with Gasteiger partial charge in [0.1, 0.15) is 11.4 Å². The van der Waals surface area contributed by atoms with Crippen LogP contribution in [0.15, 0.2) is 30.4 Å². The first-order chi connectivity index (χ1) is 9.28. The highest BCUT2D eigenvalue weighted by Gasteiger charge is 2.31. The lowest BCUT2D eigenvalue weighted by Gasteiger charge is -2.28. The molecule has 0 N–H and O–H groups in total. The molecule has 0 saturated heterocycles. The SMILES string of the molecule is CC(C)(C)OC(=O)N1CC=CC1c1ccc(Cl)cc1F. The molecule has 3 nitrogen and oxygen atoms in total. The van der Waals surface area contributed by atoms with Gasteiger partial charge in [-0.1, -0.05) is 29.8 Å². The van der Waals surface area contributed by atoms with Crippen LogP contribution >= 0.6 is 11.6 Å². The maximum absolute atomic E-state index is 14.0. The Balaban J connectivity index is 2.22. The second kappa shape index (κ2) is 5.44. The predicted octanol–water partition coefficient (Wildman–Crippen LogP) is 4.33. The van der Waals surface area contributed by atoms with Crippen LogP contribution in [0.4, 0.5) is 9.18 Å². The summed E-state index contributed by atoms with van der Waals surface area (Å²) in [5.74, 6) is -0.428. The van der Waals surface area contributed by atoms with Crippen LogP contribution in [0, 0.1) is 5.82 Å². The summed E-state index contributed by atoms with van der Waals surface area (Å²) >= 11 is 5.75. The van der Waals surface area contributed by atoms with Gasteiger partial charge in [0.2, 0.25) is 0 Å². The van der Waals surface area contributed by atoms with Crippen LogP contribution in [0.2, 0.25) is 5.02 Å². The van der Waals surface area contributed by atoms with Crippen molar-refractivity contribution < 1.29 is 13.9 Å². The topological polar surface area (TPSA) is 29.5 Å². The summed E-state index contributed by atoms with van der Waals surface area (Å²) in [4.78, 5) is 13.6. The van der Waals surface area contributed by atoms with E-state index < -0.39 is 23.6 Å². The van der Waals surface area contributed by atoms with Gasteiger partial charge in [-0.3, -0.25) is 4.90 Å². The molecule has 1 unspecified atom stereocenters. The Morgan fingerprint density at radius 2 is 2.15 bits per heavy atom. The van der Waals surface area contributed by atoms with E-state index in [1.165, 1.54) is 11.0 Å². The Hall–Kier alpha value is -1.55. The molecule has 0 aromatic heterocycles. The fourth-order valence-electron chi connectivity index (χ4n) is 2.04. The van der Waals surface area contributed by atoms with E-state index in [2.05, 4.69) is 0 Å². The second-order valence-corrected chi connectivity index (χ2v) is 6.11. The molecule has 0 radical (unpaired) electrons. The van der Waals surface area contributed by atoms with Gasteiger partial charge in [0.15, 0.2) is 0 Å². The Morgan fingerprint density at radius 1 is 1.45 bits per heavy atom. The molecule has 1 aliphatic heterocycles. The number of ether oxygens (including phenoxy) is 1. The van der Waals surface area contributed by atoms with E-state index in [1.807, 2.05) is 6.08 Å². The van der Waals surface area contributed by atoms with Crippen LogP contribution < -0.4 is 0 Å². The fourth-order valence-corrected chi connectivity index (χ4v) is 2.20. The van der Waals surface area contributed by atoms with Gasteiger partial charge in [-0.25, -0.2) is 9.18 Å². The third-order valence-electron chi connectivity index (χ3n) is 2.87. The van der Waals surface area contributed by atoms with Crippen molar-refractivity contribution in [3.8, 4) is 0 Å². The molecule has 1 heterocycles. The second-order valence-electron chi connectivity index (χ2n) is 5.67. The van der Waals surface area contributed by atoms with E-state index in [0.717, 1.165) is 0 Å². The fraction of sp³-hybridized carbons (Fsp3) is 0.400. The van der Waals surface area contributed by atoms with Gasteiger partial charge < -0.3 is 4.74 Å². The normalized spacial score (nSPS) is 18.4. The molecule has 0 aliphatic carbocycles. The molecule has 2 rings (SSSR count). The van der Waals surface area contributed by atoms with Crippen LogP contribution in [0.3, 0.4) is 0 Å². The average Bonchev–Trinajstić information content (AvgIpc) is 2.75. The Bertz CT molecular complexity index is 551. The Morgan fingerprint density at radius 3 is 2.75 bits per heavy atom. The summed E-state index contributed by atoms with van der Waals surface area (Å²) < 4.78 is 19.3. The highest BCUT2D eigenvalue weighted by molar-refractivity contribution is 6.30. The first-order valence-electron chi connectivity index (χ1n) is 6.39. The first kappa shape index (κ1) is 14.9. The van der Waals surface area contributed by atoms with Crippen molar-refractivity contribution in [1.29, 1.82) is 0 Å². The maximum Gasteiger partial charge on any atom is 0.411 e. The maximum atomic E-state index is 14.0. The van der Waals surface area contributed by atoms with Gasteiger partial charge in [0.25, 0.3) is 0 Å². The summed E-state index contributed by atoms with van der Waals surface area (Å²) in [5.41, 5.74) is -0.169. The predicted molar refractivity (Wildman–Crippen MR) is 76.2 cm³/mol. The van der Waals surface area contributed by atoms with Gasteiger partial charge in [0, 0.05) is 17.1 Å².